The summed E-state index contributed by atoms with van der Waals surface area (Å²) in [5.41, 5.74) is 1.83. The Morgan fingerprint density at radius 2 is 2.15 bits per heavy atom. The first-order valence-electron chi connectivity index (χ1n) is 3.94. The maximum Gasteiger partial charge on any atom is 0.466 e. The summed E-state index contributed by atoms with van der Waals surface area (Å²) in [7, 11) is 1.10. The number of rotatable bonds is 0. The number of halogens is 1. The molecule has 1 aromatic carbocycles. The maximum absolute atomic E-state index is 9.75. The molecular formula is C8H8BBrN2O. The smallest absolute Gasteiger partial charge is 0.428 e. The van der Waals surface area contributed by atoms with Crippen LogP contribution in [0.25, 0.3) is 0 Å². The molecule has 0 unspecified atom stereocenters. The van der Waals surface area contributed by atoms with Gasteiger partial charge in [0, 0.05) is 12.6 Å². The molecule has 0 saturated heterocycles. The van der Waals surface area contributed by atoms with Gasteiger partial charge in [0.05, 0.1) is 0 Å². The third-order valence-corrected chi connectivity index (χ3v) is 2.65. The fourth-order valence-electron chi connectivity index (χ4n) is 1.36. The Hall–Kier alpha value is -0.805. The molecule has 0 spiro atoms. The molecular weight excluding hydrogens is 231 g/mol. The average Bonchev–Trinajstić information content (AvgIpc) is 2.15. The molecule has 5 heteroatoms. The van der Waals surface area contributed by atoms with E-state index in [0.29, 0.717) is 0 Å². The summed E-state index contributed by atoms with van der Waals surface area (Å²) >= 11 is 3.35. The Morgan fingerprint density at radius 1 is 1.46 bits per heavy atom. The Labute approximate surface area is 85.3 Å². The van der Waals surface area contributed by atoms with Gasteiger partial charge in [-0.25, -0.2) is 0 Å². The molecule has 0 fully saturated rings. The molecule has 1 aliphatic heterocycles. The fraction of sp³-hybridized carbons (Fsp3) is 0.125. The molecule has 0 aromatic heterocycles. The topological polar surface area (TPSA) is 35.8 Å². The first-order chi connectivity index (χ1) is 6.20. The highest BCUT2D eigenvalue weighted by Gasteiger charge is 2.28. The highest BCUT2D eigenvalue weighted by Crippen LogP contribution is 2.12. The van der Waals surface area contributed by atoms with Crippen molar-refractivity contribution in [3.63, 3.8) is 0 Å². The Kier molecular flexibility index (Phi) is 2.13. The first kappa shape index (κ1) is 8.78. The molecule has 2 rings (SSSR count). The summed E-state index contributed by atoms with van der Waals surface area (Å²) < 4.78 is 0.760. The molecule has 1 heterocycles. The van der Waals surface area contributed by atoms with Crippen LogP contribution in [0.3, 0.4) is 0 Å². The third-order valence-electron chi connectivity index (χ3n) is 2.06. The summed E-state index contributed by atoms with van der Waals surface area (Å²) in [6.45, 7) is 0. The minimum atomic E-state index is -0.641. The molecule has 0 saturated carbocycles. The lowest BCUT2D eigenvalue weighted by atomic mass is 9.70. The van der Waals surface area contributed by atoms with Crippen LogP contribution in [0.2, 0.25) is 0 Å². The van der Waals surface area contributed by atoms with Crippen molar-refractivity contribution in [3.8, 4) is 0 Å². The largest absolute Gasteiger partial charge is 0.466 e. The predicted molar refractivity (Wildman–Crippen MR) is 57.3 cm³/mol. The van der Waals surface area contributed by atoms with E-state index in [9.17, 15) is 5.02 Å². The first-order valence-corrected chi connectivity index (χ1v) is 4.74. The van der Waals surface area contributed by atoms with E-state index >= 15 is 0 Å². The van der Waals surface area contributed by atoms with Crippen molar-refractivity contribution in [2.24, 2.45) is 5.10 Å². The van der Waals surface area contributed by atoms with Gasteiger partial charge in [0.25, 0.3) is 0 Å². The molecule has 1 N–H and O–H groups in total. The predicted octanol–water partition coefficient (Wildman–Crippen LogP) is 0.376. The minimum absolute atomic E-state index is 0.641. The van der Waals surface area contributed by atoms with Gasteiger partial charge in [-0.1, -0.05) is 24.3 Å². The van der Waals surface area contributed by atoms with Gasteiger partial charge in [-0.05, 0) is 21.4 Å². The SMILES string of the molecule is CN1N=C(Br)c2ccccc2B1O. The van der Waals surface area contributed by atoms with Crippen molar-refractivity contribution in [2.75, 3.05) is 7.05 Å². The van der Waals surface area contributed by atoms with Gasteiger partial charge < -0.3 is 9.94 Å². The van der Waals surface area contributed by atoms with E-state index in [0.717, 1.165) is 15.6 Å². The van der Waals surface area contributed by atoms with Crippen LogP contribution in [-0.4, -0.2) is 28.7 Å². The normalized spacial score (nSPS) is 15.5. The lowest BCUT2D eigenvalue weighted by molar-refractivity contribution is 0.442. The van der Waals surface area contributed by atoms with Gasteiger partial charge in [-0.15, -0.1) is 0 Å². The van der Waals surface area contributed by atoms with Gasteiger partial charge in [0.15, 0.2) is 0 Å². The number of nitrogens with zero attached hydrogens (tertiary/aromatic N) is 2. The Balaban J connectivity index is 2.58. The van der Waals surface area contributed by atoms with Crippen molar-refractivity contribution in [1.29, 1.82) is 0 Å². The van der Waals surface area contributed by atoms with Crippen LogP contribution in [0.15, 0.2) is 29.4 Å². The van der Waals surface area contributed by atoms with Crippen molar-refractivity contribution >= 4 is 33.1 Å². The van der Waals surface area contributed by atoms with Crippen LogP contribution in [0.5, 0.6) is 0 Å². The monoisotopic (exact) mass is 238 g/mol. The standard InChI is InChI=1S/C8H8BBrN2O/c1-12-9(13)7-5-3-2-4-6(7)8(10)11-12/h2-5,13H,1H3. The van der Waals surface area contributed by atoms with Gasteiger partial charge >= 0.3 is 7.05 Å². The Morgan fingerprint density at radius 3 is 2.92 bits per heavy atom. The van der Waals surface area contributed by atoms with E-state index in [4.69, 9.17) is 0 Å². The van der Waals surface area contributed by atoms with E-state index in [1.54, 1.807) is 7.05 Å². The zero-order valence-electron chi connectivity index (χ0n) is 7.11. The molecule has 13 heavy (non-hydrogen) atoms. The average molecular weight is 239 g/mol. The lowest BCUT2D eigenvalue weighted by Gasteiger charge is -2.24. The second kappa shape index (κ2) is 3.16. The molecule has 0 amide bonds. The van der Waals surface area contributed by atoms with E-state index in [1.807, 2.05) is 24.3 Å². The van der Waals surface area contributed by atoms with Crippen LogP contribution in [-0.2, 0) is 0 Å². The van der Waals surface area contributed by atoms with Crippen molar-refractivity contribution in [1.82, 2.24) is 4.92 Å². The van der Waals surface area contributed by atoms with Crippen molar-refractivity contribution < 1.29 is 5.02 Å². The summed E-state index contributed by atoms with van der Waals surface area (Å²) in [5, 5.41) is 13.9. The van der Waals surface area contributed by atoms with E-state index in [1.165, 1.54) is 4.92 Å². The zero-order chi connectivity index (χ0) is 9.42. The van der Waals surface area contributed by atoms with Crippen molar-refractivity contribution in [3.05, 3.63) is 29.8 Å². The summed E-state index contributed by atoms with van der Waals surface area (Å²) in [4.78, 5) is 1.52. The van der Waals surface area contributed by atoms with Gasteiger partial charge in [0.2, 0.25) is 0 Å². The van der Waals surface area contributed by atoms with Gasteiger partial charge in [-0.2, -0.15) is 5.10 Å². The van der Waals surface area contributed by atoms with Crippen LogP contribution >= 0.6 is 15.9 Å². The van der Waals surface area contributed by atoms with Gasteiger partial charge in [-0.3, -0.25) is 0 Å². The fourth-order valence-corrected chi connectivity index (χ4v) is 1.97. The number of fused-ring (bicyclic) bond motifs is 1. The summed E-state index contributed by atoms with van der Waals surface area (Å²) in [6, 6.07) is 7.65. The maximum atomic E-state index is 9.75. The van der Waals surface area contributed by atoms with E-state index in [-0.39, 0.29) is 0 Å². The molecule has 0 radical (unpaired) electrons. The second-order valence-corrected chi connectivity index (χ2v) is 3.68. The highest BCUT2D eigenvalue weighted by atomic mass is 79.9. The van der Waals surface area contributed by atoms with Crippen molar-refractivity contribution in [2.45, 2.75) is 0 Å². The molecule has 0 atom stereocenters. The summed E-state index contributed by atoms with van der Waals surface area (Å²) in [5.74, 6) is 0. The zero-order valence-corrected chi connectivity index (χ0v) is 8.69. The molecule has 0 aliphatic carbocycles. The van der Waals surface area contributed by atoms with Crippen LogP contribution in [0.4, 0.5) is 0 Å². The Bertz CT molecular complexity index is 369. The molecule has 66 valence electrons. The number of hydrogen-bond donors (Lipinski definition) is 1. The second-order valence-electron chi connectivity index (χ2n) is 2.93. The highest BCUT2D eigenvalue weighted by molar-refractivity contribution is 9.18. The lowest BCUT2D eigenvalue weighted by Crippen LogP contribution is -2.48. The van der Waals surface area contributed by atoms with Gasteiger partial charge in [0.1, 0.15) is 4.62 Å². The number of hydrogen-bond acceptors (Lipinski definition) is 3. The van der Waals surface area contributed by atoms with Crippen LogP contribution in [0, 0.1) is 0 Å². The molecule has 1 aromatic rings. The number of hydrazone groups is 1. The minimum Gasteiger partial charge on any atom is -0.428 e. The van der Waals surface area contributed by atoms with Crippen LogP contribution < -0.4 is 5.46 Å². The molecule has 0 bridgehead atoms. The summed E-state index contributed by atoms with van der Waals surface area (Å²) in [6.07, 6.45) is 0. The molecule has 3 nitrogen and oxygen atoms in total. The molecule has 1 aliphatic rings. The number of benzene rings is 1. The van der Waals surface area contributed by atoms with E-state index < -0.39 is 7.05 Å². The van der Waals surface area contributed by atoms with Crippen LogP contribution in [0.1, 0.15) is 5.56 Å². The third kappa shape index (κ3) is 1.38. The van der Waals surface area contributed by atoms with E-state index in [2.05, 4.69) is 21.0 Å². The quantitative estimate of drug-likeness (QED) is 0.664.